The van der Waals surface area contributed by atoms with E-state index in [1.54, 1.807) is 30.5 Å². The van der Waals surface area contributed by atoms with Gasteiger partial charge < -0.3 is 20.3 Å². The second kappa shape index (κ2) is 10.1. The number of rotatable bonds is 8. The van der Waals surface area contributed by atoms with Crippen LogP contribution in [0.3, 0.4) is 0 Å². The van der Waals surface area contributed by atoms with Crippen molar-refractivity contribution in [1.29, 1.82) is 0 Å². The molecule has 0 spiro atoms. The van der Waals surface area contributed by atoms with Crippen LogP contribution in [0.2, 0.25) is 0 Å². The summed E-state index contributed by atoms with van der Waals surface area (Å²) in [6, 6.07) is 15.1. The summed E-state index contributed by atoms with van der Waals surface area (Å²) in [6.45, 7) is 3.91. The van der Waals surface area contributed by atoms with Crippen molar-refractivity contribution in [3.8, 4) is 0 Å². The second-order valence-corrected chi connectivity index (χ2v) is 7.80. The van der Waals surface area contributed by atoms with Gasteiger partial charge in [-0.3, -0.25) is 9.59 Å². The molecule has 3 aromatic rings. The van der Waals surface area contributed by atoms with E-state index in [9.17, 15) is 14.7 Å². The van der Waals surface area contributed by atoms with Crippen molar-refractivity contribution in [2.75, 3.05) is 16.4 Å². The van der Waals surface area contributed by atoms with E-state index in [0.29, 0.717) is 28.8 Å². The topological polar surface area (TPSA) is 96.2 Å². The summed E-state index contributed by atoms with van der Waals surface area (Å²) < 4.78 is 1.92. The highest BCUT2D eigenvalue weighted by atomic mass is 32.2. The van der Waals surface area contributed by atoms with E-state index in [0.717, 1.165) is 5.56 Å². The van der Waals surface area contributed by atoms with E-state index in [4.69, 9.17) is 0 Å². The Morgan fingerprint density at radius 2 is 1.80 bits per heavy atom. The molecule has 0 bridgehead atoms. The molecule has 7 nitrogen and oxygen atoms in total. The number of benzene rings is 2. The number of amides is 2. The summed E-state index contributed by atoms with van der Waals surface area (Å²) in [6.07, 6.45) is 1.63. The van der Waals surface area contributed by atoms with Gasteiger partial charge in [0.05, 0.1) is 24.3 Å². The molecule has 8 heteroatoms. The van der Waals surface area contributed by atoms with Gasteiger partial charge in [0.25, 0.3) is 0 Å². The predicted octanol–water partition coefficient (Wildman–Crippen LogP) is 3.42. The molecular formula is C22H24N4O3S. The van der Waals surface area contributed by atoms with Gasteiger partial charge in [0, 0.05) is 24.8 Å². The molecular weight excluding hydrogens is 400 g/mol. The average Bonchev–Trinajstić information content (AvgIpc) is 3.09. The third-order valence-electron chi connectivity index (χ3n) is 4.32. The minimum atomic E-state index is -0.185. The first-order valence-corrected chi connectivity index (χ1v) is 10.4. The van der Waals surface area contributed by atoms with Crippen LogP contribution in [0.4, 0.5) is 11.4 Å². The van der Waals surface area contributed by atoms with Crippen molar-refractivity contribution >= 4 is 35.0 Å². The molecule has 0 saturated carbocycles. The third-order valence-corrected chi connectivity index (χ3v) is 5.31. The lowest BCUT2D eigenvalue weighted by atomic mass is 10.1. The van der Waals surface area contributed by atoms with Crippen LogP contribution in [0.25, 0.3) is 0 Å². The molecule has 0 radical (unpaired) electrons. The van der Waals surface area contributed by atoms with Crippen molar-refractivity contribution < 1.29 is 14.7 Å². The first-order chi connectivity index (χ1) is 14.4. The van der Waals surface area contributed by atoms with E-state index in [2.05, 4.69) is 15.6 Å². The fourth-order valence-corrected chi connectivity index (χ4v) is 3.68. The van der Waals surface area contributed by atoms with Crippen LogP contribution in [0.5, 0.6) is 0 Å². The van der Waals surface area contributed by atoms with Gasteiger partial charge in [-0.05, 0) is 30.7 Å². The number of aromatic nitrogens is 2. The number of imidazole rings is 1. The number of aryl methyl sites for hydroxylation is 1. The largest absolute Gasteiger partial charge is 0.390 e. The van der Waals surface area contributed by atoms with Crippen molar-refractivity contribution in [1.82, 2.24) is 9.55 Å². The number of hydrogen-bond donors (Lipinski definition) is 3. The summed E-state index contributed by atoms with van der Waals surface area (Å²) in [5, 5.41) is 15.8. The van der Waals surface area contributed by atoms with E-state index < -0.39 is 0 Å². The first kappa shape index (κ1) is 21.6. The Morgan fingerprint density at radius 3 is 2.47 bits per heavy atom. The Bertz CT molecular complexity index is 1030. The number of nitrogens with zero attached hydrogens (tertiary/aromatic N) is 2. The van der Waals surface area contributed by atoms with Gasteiger partial charge in [-0.1, -0.05) is 47.7 Å². The molecule has 0 saturated heterocycles. The van der Waals surface area contributed by atoms with Crippen LogP contribution < -0.4 is 10.6 Å². The molecule has 2 aromatic carbocycles. The molecule has 2 amide bonds. The molecule has 3 rings (SSSR count). The van der Waals surface area contributed by atoms with Crippen molar-refractivity contribution in [3.63, 3.8) is 0 Å². The highest BCUT2D eigenvalue weighted by Gasteiger charge is 2.13. The maximum Gasteiger partial charge on any atom is 0.234 e. The van der Waals surface area contributed by atoms with Gasteiger partial charge in [0.1, 0.15) is 0 Å². The third kappa shape index (κ3) is 5.95. The Morgan fingerprint density at radius 1 is 1.10 bits per heavy atom. The lowest BCUT2D eigenvalue weighted by molar-refractivity contribution is -0.114. The highest BCUT2D eigenvalue weighted by molar-refractivity contribution is 7.99. The summed E-state index contributed by atoms with van der Waals surface area (Å²) >= 11 is 1.31. The van der Waals surface area contributed by atoms with Gasteiger partial charge in [-0.15, -0.1) is 0 Å². The first-order valence-electron chi connectivity index (χ1n) is 9.45. The molecule has 0 atom stereocenters. The zero-order valence-electron chi connectivity index (χ0n) is 16.9. The summed E-state index contributed by atoms with van der Waals surface area (Å²) in [5.74, 6) is -0.190. The smallest absolute Gasteiger partial charge is 0.234 e. The lowest BCUT2D eigenvalue weighted by Crippen LogP contribution is -2.15. The van der Waals surface area contributed by atoms with Crippen molar-refractivity contribution in [2.24, 2.45) is 0 Å². The molecule has 156 valence electrons. The van der Waals surface area contributed by atoms with E-state index in [1.807, 2.05) is 35.8 Å². The van der Waals surface area contributed by atoms with Crippen LogP contribution >= 0.6 is 11.8 Å². The number of hydrogen-bond acceptors (Lipinski definition) is 5. The Hall–Kier alpha value is -3.10. The summed E-state index contributed by atoms with van der Waals surface area (Å²) in [7, 11) is 0. The number of aliphatic hydroxyl groups excluding tert-OH is 1. The highest BCUT2D eigenvalue weighted by Crippen LogP contribution is 2.22. The number of carbonyl (C=O) groups excluding carboxylic acids is 2. The Kier molecular flexibility index (Phi) is 7.26. The molecule has 0 aliphatic carbocycles. The summed E-state index contributed by atoms with van der Waals surface area (Å²) in [5.41, 5.74) is 4.19. The predicted molar refractivity (Wildman–Crippen MR) is 119 cm³/mol. The fourth-order valence-electron chi connectivity index (χ4n) is 2.88. The number of carbonyl (C=O) groups is 2. The van der Waals surface area contributed by atoms with Gasteiger partial charge in [0.15, 0.2) is 5.16 Å². The SMILES string of the molecule is CC(=O)Nc1cccc(NC(=O)CSc2ncc(CO)n2Cc2ccc(C)cc2)c1. The van der Waals surface area contributed by atoms with E-state index in [1.165, 1.54) is 24.2 Å². The zero-order chi connectivity index (χ0) is 21.5. The molecule has 0 unspecified atom stereocenters. The quantitative estimate of drug-likeness (QED) is 0.482. The monoisotopic (exact) mass is 424 g/mol. The molecule has 3 N–H and O–H groups in total. The maximum atomic E-state index is 12.4. The molecule has 0 aliphatic rings. The molecule has 0 aliphatic heterocycles. The average molecular weight is 425 g/mol. The van der Waals surface area contributed by atoms with Crippen LogP contribution in [-0.4, -0.2) is 32.2 Å². The lowest BCUT2D eigenvalue weighted by Gasteiger charge is -2.11. The van der Waals surface area contributed by atoms with Crippen LogP contribution in [0, 0.1) is 6.92 Å². The van der Waals surface area contributed by atoms with Gasteiger partial charge >= 0.3 is 0 Å². The summed E-state index contributed by atoms with van der Waals surface area (Å²) in [4.78, 5) is 27.9. The number of aliphatic hydroxyl groups is 1. The van der Waals surface area contributed by atoms with Gasteiger partial charge in [-0.2, -0.15) is 0 Å². The second-order valence-electron chi connectivity index (χ2n) is 6.86. The fraction of sp³-hybridized carbons (Fsp3) is 0.227. The van der Waals surface area contributed by atoms with E-state index >= 15 is 0 Å². The molecule has 1 heterocycles. The van der Waals surface area contributed by atoms with E-state index in [-0.39, 0.29) is 24.2 Å². The number of nitrogens with one attached hydrogen (secondary N) is 2. The Balaban J connectivity index is 1.64. The van der Waals surface area contributed by atoms with Gasteiger partial charge in [-0.25, -0.2) is 4.98 Å². The van der Waals surface area contributed by atoms with Crippen LogP contribution in [0.1, 0.15) is 23.7 Å². The number of anilines is 2. The zero-order valence-corrected chi connectivity index (χ0v) is 17.7. The minimum Gasteiger partial charge on any atom is -0.390 e. The number of thioether (sulfide) groups is 1. The van der Waals surface area contributed by atoms with Crippen molar-refractivity contribution in [3.05, 3.63) is 71.5 Å². The molecule has 1 aromatic heterocycles. The normalized spacial score (nSPS) is 10.6. The standard InChI is InChI=1S/C22H24N4O3S/c1-15-6-8-17(9-7-15)12-26-20(13-27)11-23-22(26)30-14-21(29)25-19-5-3-4-18(10-19)24-16(2)28/h3-11,27H,12-14H2,1-2H3,(H,24,28)(H,25,29). The van der Waals surface area contributed by atoms with Gasteiger partial charge in [0.2, 0.25) is 11.8 Å². The Labute approximate surface area is 179 Å². The minimum absolute atomic E-state index is 0.123. The van der Waals surface area contributed by atoms with Crippen LogP contribution in [-0.2, 0) is 22.7 Å². The molecule has 30 heavy (non-hydrogen) atoms. The van der Waals surface area contributed by atoms with Crippen LogP contribution in [0.15, 0.2) is 59.9 Å². The molecule has 0 fully saturated rings. The van der Waals surface area contributed by atoms with Crippen molar-refractivity contribution in [2.45, 2.75) is 32.2 Å². The maximum absolute atomic E-state index is 12.4.